The topological polar surface area (TPSA) is 74.6 Å². The maximum absolute atomic E-state index is 12.7. The molecule has 1 aromatic rings. The predicted molar refractivity (Wildman–Crippen MR) is 99.6 cm³/mol. The van der Waals surface area contributed by atoms with Crippen molar-refractivity contribution in [2.45, 2.75) is 13.3 Å². The molecular weight excluding hydrogens is 332 g/mol. The van der Waals surface area contributed by atoms with Gasteiger partial charge in [-0.2, -0.15) is 0 Å². The average Bonchev–Trinajstić information content (AvgIpc) is 2.66. The molecule has 1 atom stereocenters. The quantitative estimate of drug-likeness (QED) is 0.831. The molecule has 2 heterocycles. The van der Waals surface area contributed by atoms with Crippen LogP contribution in [0.15, 0.2) is 46.0 Å². The molecule has 1 fully saturated rings. The molecule has 2 aliphatic heterocycles. The van der Waals surface area contributed by atoms with E-state index >= 15 is 0 Å². The minimum atomic E-state index is -0.627. The van der Waals surface area contributed by atoms with E-state index in [1.165, 1.54) is 11.9 Å². The van der Waals surface area contributed by atoms with Gasteiger partial charge in [-0.1, -0.05) is 12.1 Å². The lowest BCUT2D eigenvalue weighted by Gasteiger charge is -2.37. The number of nitrogens with zero attached hydrogens (tertiary/aromatic N) is 4. The number of fused-ring (bicyclic) bond motifs is 1. The molecule has 7 nitrogen and oxygen atoms in total. The van der Waals surface area contributed by atoms with Crippen LogP contribution in [0.4, 0.5) is 4.79 Å². The Morgan fingerprint density at radius 1 is 1.23 bits per heavy atom. The second-order valence-electron chi connectivity index (χ2n) is 6.34. The minimum Gasteiger partial charge on any atom is -0.497 e. The van der Waals surface area contributed by atoms with Gasteiger partial charge < -0.3 is 4.74 Å². The van der Waals surface area contributed by atoms with Crippen LogP contribution in [0.5, 0.6) is 5.75 Å². The first-order chi connectivity index (χ1) is 12.4. The second-order valence-corrected chi connectivity index (χ2v) is 6.34. The molecular formula is C19H22N4O3. The second kappa shape index (κ2) is 7.11. The van der Waals surface area contributed by atoms with E-state index in [1.807, 2.05) is 31.2 Å². The average molecular weight is 354 g/mol. The largest absolute Gasteiger partial charge is 0.497 e. The fraction of sp³-hybridized carbons (Fsp3) is 0.368. The Balaban J connectivity index is 1.83. The van der Waals surface area contributed by atoms with Crippen molar-refractivity contribution in [1.29, 1.82) is 0 Å². The minimum absolute atomic E-state index is 0.292. The lowest BCUT2D eigenvalue weighted by Crippen LogP contribution is -2.59. The normalized spacial score (nSPS) is 21.5. The van der Waals surface area contributed by atoms with Crippen molar-refractivity contribution in [3.8, 4) is 5.75 Å². The summed E-state index contributed by atoms with van der Waals surface area (Å²) in [6.45, 7) is 2.42. The fourth-order valence-electron chi connectivity index (χ4n) is 3.12. The lowest BCUT2D eigenvalue weighted by molar-refractivity contribution is -0.128. The van der Waals surface area contributed by atoms with Gasteiger partial charge in [-0.25, -0.2) is 9.79 Å². The van der Waals surface area contributed by atoms with E-state index in [0.29, 0.717) is 18.1 Å². The van der Waals surface area contributed by atoms with Crippen LogP contribution in [0.2, 0.25) is 0 Å². The number of ether oxygens (including phenoxy) is 1. The van der Waals surface area contributed by atoms with Crippen molar-refractivity contribution in [3.05, 3.63) is 41.6 Å². The molecule has 3 rings (SSSR count). The number of rotatable bonds is 4. The number of hydrogen-bond acceptors (Lipinski definition) is 5. The number of carbonyl (C=O) groups is 2. The molecule has 0 radical (unpaired) electrons. The van der Waals surface area contributed by atoms with Crippen LogP contribution >= 0.6 is 0 Å². The summed E-state index contributed by atoms with van der Waals surface area (Å²) in [5.74, 6) is 0.323. The van der Waals surface area contributed by atoms with Crippen molar-refractivity contribution in [1.82, 2.24) is 9.80 Å². The summed E-state index contributed by atoms with van der Waals surface area (Å²) in [7, 11) is 4.75. The third kappa shape index (κ3) is 3.12. The third-order valence-corrected chi connectivity index (χ3v) is 4.64. The summed E-state index contributed by atoms with van der Waals surface area (Å²) in [5, 5.41) is 0. The van der Waals surface area contributed by atoms with Gasteiger partial charge in [-0.3, -0.25) is 19.6 Å². The third-order valence-electron chi connectivity index (χ3n) is 4.64. The van der Waals surface area contributed by atoms with E-state index in [1.54, 1.807) is 20.4 Å². The van der Waals surface area contributed by atoms with E-state index < -0.39 is 5.92 Å². The number of aliphatic imine (C=N–C) groups is 2. The van der Waals surface area contributed by atoms with Crippen molar-refractivity contribution >= 4 is 23.5 Å². The number of allylic oxidation sites excluding steroid dienone is 1. The molecule has 1 aromatic carbocycles. The molecule has 0 bridgehead atoms. The van der Waals surface area contributed by atoms with Crippen molar-refractivity contribution in [2.75, 3.05) is 27.7 Å². The van der Waals surface area contributed by atoms with Gasteiger partial charge in [0, 0.05) is 26.8 Å². The summed E-state index contributed by atoms with van der Waals surface area (Å²) >= 11 is 0. The summed E-state index contributed by atoms with van der Waals surface area (Å²) in [5.41, 5.74) is 2.63. The van der Waals surface area contributed by atoms with Crippen LogP contribution < -0.4 is 4.74 Å². The molecule has 7 heteroatoms. The molecule has 2 aliphatic rings. The Morgan fingerprint density at radius 3 is 2.73 bits per heavy atom. The molecule has 0 saturated carbocycles. The molecule has 0 aromatic heterocycles. The first-order valence-electron chi connectivity index (χ1n) is 8.41. The van der Waals surface area contributed by atoms with Crippen LogP contribution in [0.3, 0.4) is 0 Å². The highest BCUT2D eigenvalue weighted by Crippen LogP contribution is 2.25. The zero-order valence-corrected chi connectivity index (χ0v) is 15.4. The van der Waals surface area contributed by atoms with Gasteiger partial charge in [-0.15, -0.1) is 0 Å². The molecule has 0 aliphatic carbocycles. The van der Waals surface area contributed by atoms with E-state index in [-0.39, 0.29) is 11.9 Å². The first-order valence-corrected chi connectivity index (χ1v) is 8.41. The summed E-state index contributed by atoms with van der Waals surface area (Å²) < 4.78 is 5.24. The Hall–Kier alpha value is -2.96. The number of amides is 3. The zero-order valence-electron chi connectivity index (χ0n) is 15.4. The number of hydrogen-bond donors (Lipinski definition) is 0. The Morgan fingerprint density at radius 2 is 2.00 bits per heavy atom. The van der Waals surface area contributed by atoms with Gasteiger partial charge in [-0.05, 0) is 36.6 Å². The first kappa shape index (κ1) is 17.8. The van der Waals surface area contributed by atoms with Gasteiger partial charge >= 0.3 is 6.03 Å². The highest BCUT2D eigenvalue weighted by molar-refractivity contribution is 6.33. The van der Waals surface area contributed by atoms with Crippen LogP contribution in [-0.4, -0.2) is 61.0 Å². The van der Waals surface area contributed by atoms with Crippen molar-refractivity contribution in [3.63, 3.8) is 0 Å². The monoisotopic (exact) mass is 354 g/mol. The highest BCUT2D eigenvalue weighted by atomic mass is 16.5. The maximum atomic E-state index is 12.7. The van der Waals surface area contributed by atoms with E-state index in [0.717, 1.165) is 28.2 Å². The van der Waals surface area contributed by atoms with Crippen LogP contribution in [0.25, 0.3) is 0 Å². The summed E-state index contributed by atoms with van der Waals surface area (Å²) in [6.07, 6.45) is 2.39. The predicted octanol–water partition coefficient (Wildman–Crippen LogP) is 2.13. The molecule has 0 spiro atoms. The molecule has 1 unspecified atom stereocenters. The van der Waals surface area contributed by atoms with E-state index in [4.69, 9.17) is 4.74 Å². The van der Waals surface area contributed by atoms with Crippen LogP contribution in [-0.2, 0) is 11.2 Å². The number of imide groups is 1. The van der Waals surface area contributed by atoms with Gasteiger partial charge in [0.1, 0.15) is 17.5 Å². The smallest absolute Gasteiger partial charge is 0.331 e. The Bertz CT molecular complexity index is 841. The number of amidine groups is 1. The molecule has 1 saturated heterocycles. The summed E-state index contributed by atoms with van der Waals surface area (Å²) in [4.78, 5) is 36.3. The Labute approximate surface area is 152 Å². The van der Waals surface area contributed by atoms with E-state index in [9.17, 15) is 9.59 Å². The number of carbonyl (C=O) groups excluding carboxylic acids is 2. The fourth-order valence-corrected chi connectivity index (χ4v) is 3.12. The zero-order chi connectivity index (χ0) is 18.8. The highest BCUT2D eigenvalue weighted by Gasteiger charge is 2.44. The molecule has 0 N–H and O–H groups in total. The number of methoxy groups -OCH3 is 1. The van der Waals surface area contributed by atoms with Gasteiger partial charge in [0.2, 0.25) is 5.91 Å². The number of benzene rings is 1. The Kier molecular flexibility index (Phi) is 4.88. The maximum Gasteiger partial charge on any atom is 0.331 e. The summed E-state index contributed by atoms with van der Waals surface area (Å²) in [6, 6.07) is 7.45. The van der Waals surface area contributed by atoms with Crippen LogP contribution in [0.1, 0.15) is 12.5 Å². The van der Waals surface area contributed by atoms with Crippen LogP contribution in [0, 0.1) is 5.92 Å². The SMILES string of the molecule is COc1cccc(CCN=C2C(C)=CN=C3C2C(=O)N(C)C(=O)N3C)c1. The standard InChI is InChI=1S/C19H22N4O3/c1-12-11-21-17-15(18(24)23(3)19(25)22(17)2)16(12)20-9-8-13-6-5-7-14(10-13)26-4/h5-7,10-11,15H,8-9H2,1-4H3. The van der Waals surface area contributed by atoms with Crippen molar-refractivity contribution < 1.29 is 14.3 Å². The number of urea groups is 1. The van der Waals surface area contributed by atoms with Gasteiger partial charge in [0.05, 0.1) is 12.8 Å². The van der Waals surface area contributed by atoms with Crippen molar-refractivity contribution in [2.24, 2.45) is 15.9 Å². The lowest BCUT2D eigenvalue weighted by atomic mass is 9.91. The van der Waals surface area contributed by atoms with E-state index in [2.05, 4.69) is 9.98 Å². The van der Waals surface area contributed by atoms with Gasteiger partial charge in [0.15, 0.2) is 0 Å². The molecule has 26 heavy (non-hydrogen) atoms. The van der Waals surface area contributed by atoms with Gasteiger partial charge in [0.25, 0.3) is 0 Å². The molecule has 3 amide bonds. The molecule has 136 valence electrons.